The molecule has 64 valence electrons. The molecule has 1 aliphatic rings. The van der Waals surface area contributed by atoms with Gasteiger partial charge in [0.2, 0.25) is 0 Å². The van der Waals surface area contributed by atoms with E-state index < -0.39 is 0 Å². The second-order valence-electron chi connectivity index (χ2n) is 3.10. The summed E-state index contributed by atoms with van der Waals surface area (Å²) in [5.41, 5.74) is 0. The minimum Gasteiger partial charge on any atom is -0.469 e. The Hall–Kier alpha value is -0.570. The van der Waals surface area contributed by atoms with Crippen molar-refractivity contribution in [2.75, 3.05) is 27.2 Å². The van der Waals surface area contributed by atoms with Crippen molar-refractivity contribution >= 4 is 5.97 Å². The summed E-state index contributed by atoms with van der Waals surface area (Å²) >= 11 is 0. The average Bonchev–Trinajstić information content (AvgIpc) is 2.05. The number of ether oxygens (including phenoxy) is 1. The Kier molecular flexibility index (Phi) is 2.88. The van der Waals surface area contributed by atoms with Crippen LogP contribution in [0.4, 0.5) is 0 Å². The van der Waals surface area contributed by atoms with Gasteiger partial charge in [-0.25, -0.2) is 0 Å². The van der Waals surface area contributed by atoms with Gasteiger partial charge in [-0.2, -0.15) is 0 Å². The third-order valence-electron chi connectivity index (χ3n) is 2.25. The van der Waals surface area contributed by atoms with Gasteiger partial charge in [0.25, 0.3) is 0 Å². The molecule has 0 aromatic heterocycles. The van der Waals surface area contributed by atoms with E-state index in [4.69, 9.17) is 0 Å². The fourth-order valence-electron chi connectivity index (χ4n) is 1.41. The quantitative estimate of drug-likeness (QED) is 0.519. The highest BCUT2D eigenvalue weighted by atomic mass is 16.5. The van der Waals surface area contributed by atoms with E-state index in [9.17, 15) is 4.79 Å². The molecule has 0 atom stereocenters. The van der Waals surface area contributed by atoms with Gasteiger partial charge in [0.05, 0.1) is 13.0 Å². The van der Waals surface area contributed by atoms with Gasteiger partial charge in [-0.1, -0.05) is 0 Å². The lowest BCUT2D eigenvalue weighted by Crippen LogP contribution is -2.33. The van der Waals surface area contributed by atoms with Crippen LogP contribution in [-0.4, -0.2) is 38.1 Å². The van der Waals surface area contributed by atoms with E-state index in [1.165, 1.54) is 7.11 Å². The van der Waals surface area contributed by atoms with Crippen molar-refractivity contribution in [3.63, 3.8) is 0 Å². The van der Waals surface area contributed by atoms with Gasteiger partial charge >= 0.3 is 5.97 Å². The molecular weight excluding hydrogens is 142 g/mol. The summed E-state index contributed by atoms with van der Waals surface area (Å²) in [6.07, 6.45) is 1.90. The topological polar surface area (TPSA) is 29.5 Å². The van der Waals surface area contributed by atoms with Gasteiger partial charge in [-0.15, -0.1) is 0 Å². The van der Waals surface area contributed by atoms with Gasteiger partial charge in [0, 0.05) is 0 Å². The molecule has 0 spiro atoms. The largest absolute Gasteiger partial charge is 0.469 e. The van der Waals surface area contributed by atoms with Crippen molar-refractivity contribution in [3.8, 4) is 0 Å². The molecule has 3 heteroatoms. The minimum atomic E-state index is -0.0434. The monoisotopic (exact) mass is 157 g/mol. The predicted octanol–water partition coefficient (Wildman–Crippen LogP) is 0.501. The zero-order valence-corrected chi connectivity index (χ0v) is 7.17. The summed E-state index contributed by atoms with van der Waals surface area (Å²) in [6.45, 7) is 2.03. The van der Waals surface area contributed by atoms with Crippen LogP contribution in [0.3, 0.4) is 0 Å². The van der Waals surface area contributed by atoms with Crippen molar-refractivity contribution < 1.29 is 9.53 Å². The maximum absolute atomic E-state index is 11.0. The standard InChI is InChI=1S/C8H15NO2/c1-9-5-3-7(4-6-9)8(10)11-2/h7H,3-6H2,1-2H3. The number of esters is 1. The van der Waals surface area contributed by atoms with Crippen molar-refractivity contribution in [2.24, 2.45) is 5.92 Å². The molecule has 1 rings (SSSR count). The van der Waals surface area contributed by atoms with Crippen LogP contribution in [0.15, 0.2) is 0 Å². The lowest BCUT2D eigenvalue weighted by atomic mass is 9.98. The van der Waals surface area contributed by atoms with E-state index in [0.29, 0.717) is 0 Å². The van der Waals surface area contributed by atoms with Crippen LogP contribution in [0.25, 0.3) is 0 Å². The highest BCUT2D eigenvalue weighted by Gasteiger charge is 2.23. The number of rotatable bonds is 1. The molecule has 0 N–H and O–H groups in total. The van der Waals surface area contributed by atoms with Crippen LogP contribution in [-0.2, 0) is 9.53 Å². The van der Waals surface area contributed by atoms with E-state index >= 15 is 0 Å². The van der Waals surface area contributed by atoms with Crippen molar-refractivity contribution in [1.29, 1.82) is 0 Å². The normalized spacial score (nSPS) is 21.6. The van der Waals surface area contributed by atoms with Crippen molar-refractivity contribution in [2.45, 2.75) is 12.8 Å². The molecule has 3 nitrogen and oxygen atoms in total. The van der Waals surface area contributed by atoms with E-state index in [-0.39, 0.29) is 11.9 Å². The Labute approximate surface area is 67.3 Å². The number of hydrogen-bond acceptors (Lipinski definition) is 3. The first-order valence-corrected chi connectivity index (χ1v) is 4.00. The number of methoxy groups -OCH3 is 1. The molecule has 0 bridgehead atoms. The second kappa shape index (κ2) is 3.72. The van der Waals surface area contributed by atoms with Gasteiger partial charge in [0.1, 0.15) is 0 Å². The Bertz CT molecular complexity index is 139. The zero-order chi connectivity index (χ0) is 8.27. The fourth-order valence-corrected chi connectivity index (χ4v) is 1.41. The molecule has 0 amide bonds. The Balaban J connectivity index is 2.33. The number of hydrogen-bond donors (Lipinski definition) is 0. The first-order valence-electron chi connectivity index (χ1n) is 4.00. The first kappa shape index (κ1) is 8.53. The van der Waals surface area contributed by atoms with Crippen LogP contribution >= 0.6 is 0 Å². The maximum atomic E-state index is 11.0. The summed E-state index contributed by atoms with van der Waals surface area (Å²) in [5, 5.41) is 0. The van der Waals surface area contributed by atoms with Crippen molar-refractivity contribution in [3.05, 3.63) is 0 Å². The molecule has 0 aromatic carbocycles. The molecule has 1 aliphatic heterocycles. The molecule has 11 heavy (non-hydrogen) atoms. The zero-order valence-electron chi connectivity index (χ0n) is 7.17. The number of nitrogens with zero attached hydrogens (tertiary/aromatic N) is 1. The summed E-state index contributed by atoms with van der Waals surface area (Å²) in [6, 6.07) is 0. The summed E-state index contributed by atoms with van der Waals surface area (Å²) in [5.74, 6) is 0.106. The van der Waals surface area contributed by atoms with Crippen molar-refractivity contribution in [1.82, 2.24) is 4.90 Å². The van der Waals surface area contributed by atoms with E-state index in [2.05, 4.69) is 16.7 Å². The number of piperidine rings is 1. The first-order chi connectivity index (χ1) is 5.24. The van der Waals surface area contributed by atoms with Crippen LogP contribution in [0.5, 0.6) is 0 Å². The van der Waals surface area contributed by atoms with Crippen LogP contribution in [0, 0.1) is 5.92 Å². The van der Waals surface area contributed by atoms with Crippen LogP contribution in [0.1, 0.15) is 12.8 Å². The molecule has 0 saturated carbocycles. The third-order valence-corrected chi connectivity index (χ3v) is 2.25. The van der Waals surface area contributed by atoms with Crippen LogP contribution < -0.4 is 0 Å². The number of carbonyl (C=O) groups excluding carboxylic acids is 1. The average molecular weight is 157 g/mol. The molecule has 0 unspecified atom stereocenters. The summed E-state index contributed by atoms with van der Waals surface area (Å²) in [4.78, 5) is 13.3. The SMILES string of the molecule is COC(=O)C1CCN(C)CC1. The molecule has 1 heterocycles. The van der Waals surface area contributed by atoms with E-state index in [1.54, 1.807) is 0 Å². The molecule has 0 radical (unpaired) electrons. The smallest absolute Gasteiger partial charge is 0.308 e. The van der Waals surface area contributed by atoms with Gasteiger partial charge in [-0.05, 0) is 33.0 Å². The molecule has 0 aromatic rings. The number of likely N-dealkylation sites (tertiary alicyclic amines) is 1. The highest BCUT2D eigenvalue weighted by molar-refractivity contribution is 5.72. The molecule has 0 aliphatic carbocycles. The summed E-state index contributed by atoms with van der Waals surface area (Å²) in [7, 11) is 3.54. The second-order valence-corrected chi connectivity index (χ2v) is 3.10. The van der Waals surface area contributed by atoms with Gasteiger partial charge < -0.3 is 9.64 Å². The summed E-state index contributed by atoms with van der Waals surface area (Å²) < 4.78 is 4.67. The Morgan fingerprint density at radius 3 is 2.45 bits per heavy atom. The highest BCUT2D eigenvalue weighted by Crippen LogP contribution is 2.16. The van der Waals surface area contributed by atoms with Crippen LogP contribution in [0.2, 0.25) is 0 Å². The van der Waals surface area contributed by atoms with E-state index in [1.807, 2.05) is 0 Å². The van der Waals surface area contributed by atoms with E-state index in [0.717, 1.165) is 25.9 Å². The lowest BCUT2D eigenvalue weighted by molar-refractivity contribution is -0.146. The maximum Gasteiger partial charge on any atom is 0.308 e. The van der Waals surface area contributed by atoms with Gasteiger partial charge in [-0.3, -0.25) is 4.79 Å². The molecule has 1 fully saturated rings. The minimum absolute atomic E-state index is 0.0434. The fraction of sp³-hybridized carbons (Fsp3) is 0.875. The predicted molar refractivity (Wildman–Crippen MR) is 42.2 cm³/mol. The number of carbonyl (C=O) groups is 1. The molecule has 1 saturated heterocycles. The lowest BCUT2D eigenvalue weighted by Gasteiger charge is -2.26. The van der Waals surface area contributed by atoms with Gasteiger partial charge in [0.15, 0.2) is 0 Å². The Morgan fingerprint density at radius 2 is 2.00 bits per heavy atom. The third kappa shape index (κ3) is 2.19. The Morgan fingerprint density at radius 1 is 1.45 bits per heavy atom. The molecular formula is C8H15NO2.